The largest absolute Gasteiger partial charge is 0.490 e. The van der Waals surface area contributed by atoms with Crippen molar-refractivity contribution < 1.29 is 18.7 Å². The van der Waals surface area contributed by atoms with Gasteiger partial charge in [0, 0.05) is 9.86 Å². The zero-order valence-electron chi connectivity index (χ0n) is 15.7. The normalized spacial score (nSPS) is 10.9. The first-order valence-corrected chi connectivity index (χ1v) is 10.6. The topological polar surface area (TPSA) is 73.1 Å². The second-order valence-electron chi connectivity index (χ2n) is 5.87. The van der Waals surface area contributed by atoms with E-state index in [1.807, 2.05) is 19.1 Å². The van der Waals surface area contributed by atoms with Crippen molar-refractivity contribution in [3.8, 4) is 23.8 Å². The maximum Gasteiger partial charge on any atom is 0.307 e. The number of furan rings is 1. The number of hydrogen-bond donors (Lipinski definition) is 1. The lowest BCUT2D eigenvalue weighted by atomic mass is 10.2. The van der Waals surface area contributed by atoms with E-state index in [0.29, 0.717) is 34.3 Å². The molecule has 0 fully saturated rings. The Bertz CT molecular complexity index is 1170. The van der Waals surface area contributed by atoms with E-state index in [1.165, 1.54) is 6.21 Å². The van der Waals surface area contributed by atoms with Crippen molar-refractivity contribution >= 4 is 66.6 Å². The average Bonchev–Trinajstić information content (AvgIpc) is 3.12. The molecule has 3 rings (SSSR count). The smallest absolute Gasteiger partial charge is 0.307 e. The Morgan fingerprint density at radius 3 is 2.83 bits per heavy atom. The number of fused-ring (bicyclic) bond motifs is 1. The van der Waals surface area contributed by atoms with E-state index in [-0.39, 0.29) is 12.4 Å². The highest BCUT2D eigenvalue weighted by atomic mass is 79.9. The van der Waals surface area contributed by atoms with Crippen LogP contribution in [0.2, 0.25) is 5.02 Å². The van der Waals surface area contributed by atoms with Crippen LogP contribution in [-0.2, 0) is 0 Å². The molecule has 6 nitrogen and oxygen atoms in total. The van der Waals surface area contributed by atoms with E-state index in [4.69, 9.17) is 31.9 Å². The van der Waals surface area contributed by atoms with Crippen LogP contribution in [0.15, 0.2) is 48.8 Å². The van der Waals surface area contributed by atoms with Gasteiger partial charge in [0.05, 0.1) is 22.3 Å². The van der Waals surface area contributed by atoms with Gasteiger partial charge in [0.15, 0.2) is 17.3 Å². The molecule has 2 aromatic carbocycles. The maximum absolute atomic E-state index is 12.4. The van der Waals surface area contributed by atoms with E-state index in [1.54, 1.807) is 18.2 Å². The molecule has 0 saturated carbocycles. The van der Waals surface area contributed by atoms with Crippen LogP contribution in [-0.4, -0.2) is 25.3 Å². The number of nitrogens with zero attached hydrogens (tertiary/aromatic N) is 1. The van der Waals surface area contributed by atoms with Gasteiger partial charge in [-0.3, -0.25) is 4.79 Å². The molecule has 1 heterocycles. The predicted molar refractivity (Wildman–Crippen MR) is 124 cm³/mol. The van der Waals surface area contributed by atoms with E-state index >= 15 is 0 Å². The van der Waals surface area contributed by atoms with Gasteiger partial charge < -0.3 is 13.9 Å². The molecule has 0 unspecified atom stereocenters. The van der Waals surface area contributed by atoms with Crippen molar-refractivity contribution in [2.75, 3.05) is 13.2 Å². The second-order valence-corrected chi connectivity index (χ2v) is 8.05. The number of carbonyl (C=O) groups excluding carboxylic acids is 1. The summed E-state index contributed by atoms with van der Waals surface area (Å²) in [6.45, 7) is 2.31. The summed E-state index contributed by atoms with van der Waals surface area (Å²) in [4.78, 5) is 12.4. The molecule has 0 aliphatic rings. The summed E-state index contributed by atoms with van der Waals surface area (Å²) in [6.07, 6.45) is 6.67. The van der Waals surface area contributed by atoms with E-state index < -0.39 is 5.91 Å². The first-order valence-electron chi connectivity index (χ1n) is 8.67. The van der Waals surface area contributed by atoms with E-state index in [0.717, 1.165) is 14.3 Å². The third-order valence-corrected chi connectivity index (χ3v) is 5.10. The van der Waals surface area contributed by atoms with Gasteiger partial charge >= 0.3 is 5.91 Å². The van der Waals surface area contributed by atoms with Gasteiger partial charge in [-0.05, 0) is 58.7 Å². The second kappa shape index (κ2) is 10.0. The van der Waals surface area contributed by atoms with Gasteiger partial charge in [0.2, 0.25) is 0 Å². The zero-order chi connectivity index (χ0) is 21.7. The van der Waals surface area contributed by atoms with Crippen molar-refractivity contribution in [1.29, 1.82) is 0 Å². The predicted octanol–water partition coefficient (Wildman–Crippen LogP) is 5.79. The molecular weight excluding hydrogens is 540 g/mol. The van der Waals surface area contributed by atoms with Gasteiger partial charge in [0.25, 0.3) is 0 Å². The summed E-state index contributed by atoms with van der Waals surface area (Å²) in [6, 6.07) is 8.64. The van der Waals surface area contributed by atoms with Crippen LogP contribution in [0.1, 0.15) is 23.0 Å². The lowest BCUT2D eigenvalue weighted by molar-refractivity contribution is 0.0929. The molecule has 1 N–H and O–H groups in total. The fraction of sp³-hybridized carbons (Fsp3) is 0.143. The van der Waals surface area contributed by atoms with Gasteiger partial charge in [-0.1, -0.05) is 33.5 Å². The first-order chi connectivity index (χ1) is 14.4. The molecule has 0 radical (unpaired) electrons. The average molecular weight is 555 g/mol. The Labute approximate surface area is 194 Å². The van der Waals surface area contributed by atoms with Gasteiger partial charge in [0.1, 0.15) is 12.2 Å². The Balaban J connectivity index is 1.77. The van der Waals surface area contributed by atoms with Crippen molar-refractivity contribution in [3.63, 3.8) is 0 Å². The number of hydrogen-bond acceptors (Lipinski definition) is 5. The maximum atomic E-state index is 12.4. The number of halogens is 3. The number of carbonyl (C=O) groups is 1. The zero-order valence-corrected chi connectivity index (χ0v) is 19.6. The van der Waals surface area contributed by atoms with Crippen LogP contribution in [0, 0.1) is 12.3 Å². The number of nitrogens with one attached hydrogen (secondary N) is 1. The van der Waals surface area contributed by atoms with Crippen molar-refractivity contribution in [1.82, 2.24) is 5.43 Å². The summed E-state index contributed by atoms with van der Waals surface area (Å²) in [5.74, 6) is 2.81. The highest BCUT2D eigenvalue weighted by Crippen LogP contribution is 2.36. The molecule has 30 heavy (non-hydrogen) atoms. The van der Waals surface area contributed by atoms with Crippen molar-refractivity contribution in [2.45, 2.75) is 6.92 Å². The minimum atomic E-state index is -0.490. The molecule has 0 atom stereocenters. The lowest BCUT2D eigenvalue weighted by Gasteiger charge is -2.12. The third kappa shape index (κ3) is 5.17. The Kier molecular flexibility index (Phi) is 7.43. The van der Waals surface area contributed by atoms with Gasteiger partial charge in [-0.2, -0.15) is 5.10 Å². The summed E-state index contributed by atoms with van der Waals surface area (Å²) >= 11 is 13.1. The molecule has 0 saturated heterocycles. The Morgan fingerprint density at radius 1 is 1.30 bits per heavy atom. The molecule has 0 spiro atoms. The van der Waals surface area contributed by atoms with E-state index in [9.17, 15) is 4.79 Å². The standard InChI is InChI=1S/C21H15Br2ClN2O4/c1-3-5-29-20-16(24)6-12(7-17(20)28-4-2)11-25-26-21(27)18-9-13-8-14(22)10-15(23)19(13)30-18/h1,6-11H,4-5H2,2H3,(H,26,27)/b25-11-. The number of amides is 1. The molecule has 1 aromatic heterocycles. The summed E-state index contributed by atoms with van der Waals surface area (Å²) < 4.78 is 18.2. The lowest BCUT2D eigenvalue weighted by Crippen LogP contribution is -2.16. The number of rotatable bonds is 7. The molecule has 3 aromatic rings. The van der Waals surface area contributed by atoms with Crippen LogP contribution < -0.4 is 14.9 Å². The molecular formula is C21H15Br2ClN2O4. The molecule has 1 amide bonds. The van der Waals surface area contributed by atoms with Crippen LogP contribution >= 0.6 is 43.5 Å². The fourth-order valence-electron chi connectivity index (χ4n) is 2.59. The monoisotopic (exact) mass is 552 g/mol. The van der Waals surface area contributed by atoms with Gasteiger partial charge in [-0.25, -0.2) is 5.43 Å². The highest BCUT2D eigenvalue weighted by molar-refractivity contribution is 9.11. The van der Waals surface area contributed by atoms with Crippen LogP contribution in [0.4, 0.5) is 0 Å². The minimum Gasteiger partial charge on any atom is -0.490 e. The minimum absolute atomic E-state index is 0.0630. The van der Waals surface area contributed by atoms with Gasteiger partial charge in [-0.15, -0.1) is 6.42 Å². The van der Waals surface area contributed by atoms with Crippen LogP contribution in [0.5, 0.6) is 11.5 Å². The van der Waals surface area contributed by atoms with Crippen LogP contribution in [0.25, 0.3) is 11.0 Å². The summed E-state index contributed by atoms with van der Waals surface area (Å²) in [7, 11) is 0. The number of hydrazone groups is 1. The summed E-state index contributed by atoms with van der Waals surface area (Å²) in [5.41, 5.74) is 3.61. The third-order valence-electron chi connectivity index (χ3n) is 3.77. The number of ether oxygens (including phenoxy) is 2. The molecule has 0 bridgehead atoms. The molecule has 154 valence electrons. The van der Waals surface area contributed by atoms with E-state index in [2.05, 4.69) is 48.3 Å². The fourth-order valence-corrected chi connectivity index (χ4v) is 4.20. The first kappa shape index (κ1) is 22.2. The number of terminal acetylenes is 1. The van der Waals surface area contributed by atoms with Crippen LogP contribution in [0.3, 0.4) is 0 Å². The summed E-state index contributed by atoms with van der Waals surface area (Å²) in [5, 5.41) is 5.06. The molecule has 9 heteroatoms. The molecule has 0 aliphatic carbocycles. The number of benzene rings is 2. The Hall–Kier alpha value is -2.47. The molecule has 0 aliphatic heterocycles. The SMILES string of the molecule is C#CCOc1c(Cl)cc(/C=N\NC(=O)c2cc3cc(Br)cc(Br)c3o2)cc1OCC. The Morgan fingerprint density at radius 2 is 2.10 bits per heavy atom. The highest BCUT2D eigenvalue weighted by Gasteiger charge is 2.15. The van der Waals surface area contributed by atoms with Crippen molar-refractivity contribution in [3.05, 3.63) is 55.6 Å². The quantitative estimate of drug-likeness (QED) is 0.228. The van der Waals surface area contributed by atoms with Crippen molar-refractivity contribution in [2.24, 2.45) is 5.10 Å².